The van der Waals surface area contributed by atoms with Gasteiger partial charge >= 0.3 is 0 Å². The third-order valence-corrected chi connectivity index (χ3v) is 5.45. The molecule has 1 aromatic carbocycles. The van der Waals surface area contributed by atoms with Crippen molar-refractivity contribution >= 4 is 42.1 Å². The second-order valence-electron chi connectivity index (χ2n) is 6.28. The van der Waals surface area contributed by atoms with Crippen LogP contribution < -0.4 is 5.32 Å². The summed E-state index contributed by atoms with van der Waals surface area (Å²) in [5.41, 5.74) is 1.84. The topological polar surface area (TPSA) is 45.2 Å². The summed E-state index contributed by atoms with van der Waals surface area (Å²) in [6.07, 6.45) is 1.01. The Morgan fingerprint density at radius 2 is 2.00 bits per heavy atom. The van der Waals surface area contributed by atoms with Gasteiger partial charge in [0.2, 0.25) is 5.91 Å². The van der Waals surface area contributed by atoms with Crippen molar-refractivity contribution in [2.24, 2.45) is 0 Å². The molecule has 4 nitrogen and oxygen atoms in total. The SMILES string of the molecule is CC1NCCN(C(=O)Cc2csc(Cc3ccc(F)cc3)n2)C1C.Cl.Cl. The number of hydrogen-bond donors (Lipinski definition) is 1. The van der Waals surface area contributed by atoms with Crippen LogP contribution in [0, 0.1) is 5.82 Å². The van der Waals surface area contributed by atoms with Crippen LogP contribution in [-0.2, 0) is 17.6 Å². The van der Waals surface area contributed by atoms with E-state index in [1.54, 1.807) is 23.5 Å². The van der Waals surface area contributed by atoms with Crippen LogP contribution in [0.5, 0.6) is 0 Å². The molecule has 0 saturated carbocycles. The third kappa shape index (κ3) is 5.64. The van der Waals surface area contributed by atoms with E-state index in [1.165, 1.54) is 12.1 Å². The van der Waals surface area contributed by atoms with Crippen LogP contribution in [0.1, 0.15) is 30.1 Å². The fraction of sp³-hybridized carbons (Fsp3) is 0.444. The average Bonchev–Trinajstić information content (AvgIpc) is 2.99. The van der Waals surface area contributed by atoms with Crippen LogP contribution in [0.2, 0.25) is 0 Å². The Morgan fingerprint density at radius 3 is 2.69 bits per heavy atom. The highest BCUT2D eigenvalue weighted by molar-refractivity contribution is 7.09. The van der Waals surface area contributed by atoms with Gasteiger partial charge in [-0.25, -0.2) is 9.37 Å². The quantitative estimate of drug-likeness (QED) is 0.824. The van der Waals surface area contributed by atoms with Crippen molar-refractivity contribution in [3.63, 3.8) is 0 Å². The van der Waals surface area contributed by atoms with Gasteiger partial charge in [-0.05, 0) is 31.5 Å². The molecule has 1 amide bonds. The summed E-state index contributed by atoms with van der Waals surface area (Å²) in [5, 5.41) is 6.28. The standard InChI is InChI=1S/C18H22FN3OS.2ClH/c1-12-13(2)22(8-7-20-12)18(23)10-16-11-24-17(21-16)9-14-3-5-15(19)6-4-14;;/h3-6,11-13,20H,7-10H2,1-2H3;2*1H. The van der Waals surface area contributed by atoms with E-state index in [1.807, 2.05) is 10.3 Å². The van der Waals surface area contributed by atoms with Gasteiger partial charge in [0, 0.05) is 37.0 Å². The molecule has 0 spiro atoms. The van der Waals surface area contributed by atoms with Gasteiger partial charge in [0.05, 0.1) is 17.1 Å². The van der Waals surface area contributed by atoms with Crippen LogP contribution in [0.25, 0.3) is 0 Å². The van der Waals surface area contributed by atoms with E-state index in [4.69, 9.17) is 0 Å². The molecule has 0 aliphatic carbocycles. The molecule has 2 heterocycles. The highest BCUT2D eigenvalue weighted by Crippen LogP contribution is 2.17. The van der Waals surface area contributed by atoms with E-state index < -0.39 is 0 Å². The Morgan fingerprint density at radius 1 is 1.31 bits per heavy atom. The maximum Gasteiger partial charge on any atom is 0.228 e. The lowest BCUT2D eigenvalue weighted by Gasteiger charge is -2.38. The lowest BCUT2D eigenvalue weighted by Crippen LogP contribution is -2.57. The number of carbonyl (C=O) groups is 1. The molecule has 2 unspecified atom stereocenters. The highest BCUT2D eigenvalue weighted by atomic mass is 35.5. The predicted molar refractivity (Wildman–Crippen MR) is 108 cm³/mol. The zero-order valence-corrected chi connectivity index (χ0v) is 17.2. The molecule has 0 radical (unpaired) electrons. The number of thiazole rings is 1. The molecule has 3 rings (SSSR count). The second kappa shape index (κ2) is 10.2. The molecule has 2 aromatic rings. The molecule has 8 heteroatoms. The normalized spacial score (nSPS) is 19.4. The van der Waals surface area contributed by atoms with Crippen molar-refractivity contribution in [2.45, 2.75) is 38.8 Å². The summed E-state index contributed by atoms with van der Waals surface area (Å²) >= 11 is 1.55. The lowest BCUT2D eigenvalue weighted by molar-refractivity contribution is -0.134. The molecule has 1 aliphatic rings. The van der Waals surface area contributed by atoms with Gasteiger partial charge in [0.15, 0.2) is 0 Å². The first kappa shape index (κ1) is 22.8. The fourth-order valence-corrected chi connectivity index (χ4v) is 3.78. The maximum absolute atomic E-state index is 12.9. The molecule has 2 atom stereocenters. The van der Waals surface area contributed by atoms with E-state index in [0.29, 0.717) is 18.9 Å². The van der Waals surface area contributed by atoms with E-state index in [9.17, 15) is 9.18 Å². The van der Waals surface area contributed by atoms with Gasteiger partial charge in [-0.3, -0.25) is 4.79 Å². The molecular formula is C18H24Cl2FN3OS. The minimum absolute atomic E-state index is 0. The Labute approximate surface area is 170 Å². The molecule has 26 heavy (non-hydrogen) atoms. The van der Waals surface area contributed by atoms with Crippen LogP contribution >= 0.6 is 36.2 Å². The van der Waals surface area contributed by atoms with E-state index in [0.717, 1.165) is 29.4 Å². The first-order valence-corrected chi connectivity index (χ1v) is 9.11. The number of nitrogens with one attached hydrogen (secondary N) is 1. The average molecular weight is 420 g/mol. The van der Waals surface area contributed by atoms with Gasteiger partial charge < -0.3 is 10.2 Å². The minimum Gasteiger partial charge on any atom is -0.337 e. The van der Waals surface area contributed by atoms with E-state index in [-0.39, 0.29) is 42.6 Å². The molecular weight excluding hydrogens is 396 g/mol. The van der Waals surface area contributed by atoms with Crippen LogP contribution in [0.3, 0.4) is 0 Å². The first-order chi connectivity index (χ1) is 11.5. The van der Waals surface area contributed by atoms with Crippen LogP contribution in [0.15, 0.2) is 29.6 Å². The van der Waals surface area contributed by atoms with Gasteiger partial charge in [-0.1, -0.05) is 12.1 Å². The van der Waals surface area contributed by atoms with Gasteiger partial charge in [0.25, 0.3) is 0 Å². The molecule has 1 fully saturated rings. The number of aromatic nitrogens is 1. The van der Waals surface area contributed by atoms with Crippen molar-refractivity contribution < 1.29 is 9.18 Å². The Kier molecular flexibility index (Phi) is 8.96. The number of hydrogen-bond acceptors (Lipinski definition) is 4. The molecule has 1 N–H and O–H groups in total. The Bertz CT molecular complexity index is 711. The largest absolute Gasteiger partial charge is 0.337 e. The fourth-order valence-electron chi connectivity index (χ4n) is 2.95. The maximum atomic E-state index is 12.9. The summed E-state index contributed by atoms with van der Waals surface area (Å²) in [6.45, 7) is 5.77. The predicted octanol–water partition coefficient (Wildman–Crippen LogP) is 3.47. The number of benzene rings is 1. The molecule has 144 valence electrons. The number of halogens is 3. The summed E-state index contributed by atoms with van der Waals surface area (Å²) < 4.78 is 12.9. The van der Waals surface area contributed by atoms with Crippen LogP contribution in [-0.4, -0.2) is 41.0 Å². The Balaban J connectivity index is 0.00000169. The van der Waals surface area contributed by atoms with Crippen molar-refractivity contribution in [3.05, 3.63) is 51.7 Å². The zero-order chi connectivity index (χ0) is 17.1. The number of carbonyl (C=O) groups excluding carboxylic acids is 1. The van der Waals surface area contributed by atoms with Gasteiger partial charge in [-0.2, -0.15) is 0 Å². The number of piperazine rings is 1. The third-order valence-electron chi connectivity index (χ3n) is 4.55. The summed E-state index contributed by atoms with van der Waals surface area (Å²) in [5.74, 6) is -0.0990. The van der Waals surface area contributed by atoms with Crippen molar-refractivity contribution in [3.8, 4) is 0 Å². The van der Waals surface area contributed by atoms with Crippen molar-refractivity contribution in [2.75, 3.05) is 13.1 Å². The zero-order valence-electron chi connectivity index (χ0n) is 14.8. The summed E-state index contributed by atoms with van der Waals surface area (Å²) in [7, 11) is 0. The second-order valence-corrected chi connectivity index (χ2v) is 7.23. The first-order valence-electron chi connectivity index (χ1n) is 8.23. The summed E-state index contributed by atoms with van der Waals surface area (Å²) in [4.78, 5) is 19.1. The smallest absolute Gasteiger partial charge is 0.228 e. The van der Waals surface area contributed by atoms with E-state index in [2.05, 4.69) is 24.1 Å². The summed E-state index contributed by atoms with van der Waals surface area (Å²) in [6, 6.07) is 6.97. The lowest BCUT2D eigenvalue weighted by atomic mass is 10.1. The monoisotopic (exact) mass is 419 g/mol. The van der Waals surface area contributed by atoms with Crippen LogP contribution in [0.4, 0.5) is 4.39 Å². The number of amides is 1. The molecule has 1 aromatic heterocycles. The number of nitrogens with zero attached hydrogens (tertiary/aromatic N) is 2. The van der Waals surface area contributed by atoms with Crippen molar-refractivity contribution in [1.29, 1.82) is 0 Å². The highest BCUT2D eigenvalue weighted by Gasteiger charge is 2.28. The Hall–Kier alpha value is -1.21. The molecule has 0 bridgehead atoms. The van der Waals surface area contributed by atoms with Gasteiger partial charge in [0.1, 0.15) is 5.82 Å². The van der Waals surface area contributed by atoms with Crippen molar-refractivity contribution in [1.82, 2.24) is 15.2 Å². The number of rotatable bonds is 4. The molecule has 1 saturated heterocycles. The minimum atomic E-state index is -0.233. The molecule has 1 aliphatic heterocycles. The van der Waals surface area contributed by atoms with Gasteiger partial charge in [-0.15, -0.1) is 36.2 Å². The van der Waals surface area contributed by atoms with E-state index >= 15 is 0 Å².